The molecule has 0 heterocycles. The van der Waals surface area contributed by atoms with Crippen LogP contribution >= 0.6 is 23.2 Å². The standard InChI is InChI=1S/C17H18Cl2N2O2/c1-22-17-9-14(4-3-13(17)10-20)23-7-6-21-11-12-2-5-15(18)16(19)8-12/h2-5,8-10,20-21H,6-7,11H2,1H3. The predicted octanol–water partition coefficient (Wildman–Crippen LogP) is 4.17. The second-order valence-electron chi connectivity index (χ2n) is 4.82. The van der Waals surface area contributed by atoms with E-state index in [1.165, 1.54) is 6.21 Å². The number of ether oxygens (including phenoxy) is 2. The molecule has 0 aliphatic heterocycles. The largest absolute Gasteiger partial charge is 0.496 e. The van der Waals surface area contributed by atoms with Crippen molar-refractivity contribution < 1.29 is 9.47 Å². The number of halogens is 2. The second kappa shape index (κ2) is 8.77. The van der Waals surface area contributed by atoms with E-state index in [2.05, 4.69) is 5.32 Å². The summed E-state index contributed by atoms with van der Waals surface area (Å²) in [7, 11) is 1.57. The first-order chi connectivity index (χ1) is 11.1. The van der Waals surface area contributed by atoms with Crippen molar-refractivity contribution in [3.63, 3.8) is 0 Å². The van der Waals surface area contributed by atoms with Crippen LogP contribution in [0.5, 0.6) is 11.5 Å². The van der Waals surface area contributed by atoms with Crippen molar-refractivity contribution in [3.05, 3.63) is 57.6 Å². The van der Waals surface area contributed by atoms with Gasteiger partial charge in [0.1, 0.15) is 18.1 Å². The topological polar surface area (TPSA) is 54.3 Å². The van der Waals surface area contributed by atoms with Gasteiger partial charge in [-0.3, -0.25) is 0 Å². The van der Waals surface area contributed by atoms with Gasteiger partial charge >= 0.3 is 0 Å². The predicted molar refractivity (Wildman–Crippen MR) is 94.5 cm³/mol. The molecule has 0 aliphatic rings. The lowest BCUT2D eigenvalue weighted by molar-refractivity contribution is 0.311. The molecule has 0 unspecified atom stereocenters. The molecule has 6 heteroatoms. The van der Waals surface area contributed by atoms with Crippen LogP contribution in [0.25, 0.3) is 0 Å². The third-order valence-electron chi connectivity index (χ3n) is 3.22. The van der Waals surface area contributed by atoms with Gasteiger partial charge < -0.3 is 20.2 Å². The van der Waals surface area contributed by atoms with Gasteiger partial charge in [-0.1, -0.05) is 29.3 Å². The summed E-state index contributed by atoms with van der Waals surface area (Å²) in [4.78, 5) is 0. The highest BCUT2D eigenvalue weighted by Crippen LogP contribution is 2.23. The number of nitrogens with one attached hydrogen (secondary N) is 2. The molecule has 2 aromatic carbocycles. The van der Waals surface area contributed by atoms with Gasteiger partial charge in [-0.05, 0) is 29.8 Å². The molecule has 0 saturated carbocycles. The first kappa shape index (κ1) is 17.6. The molecule has 2 N–H and O–H groups in total. The van der Waals surface area contributed by atoms with Gasteiger partial charge in [0.25, 0.3) is 0 Å². The van der Waals surface area contributed by atoms with Gasteiger partial charge in [-0.15, -0.1) is 0 Å². The molecule has 0 saturated heterocycles. The molecule has 122 valence electrons. The Morgan fingerprint density at radius 3 is 2.65 bits per heavy atom. The minimum Gasteiger partial charge on any atom is -0.496 e. The van der Waals surface area contributed by atoms with Gasteiger partial charge in [0.05, 0.1) is 17.2 Å². The zero-order valence-corrected chi connectivity index (χ0v) is 14.2. The Morgan fingerprint density at radius 2 is 1.96 bits per heavy atom. The highest BCUT2D eigenvalue weighted by molar-refractivity contribution is 6.42. The summed E-state index contributed by atoms with van der Waals surface area (Å²) in [6.45, 7) is 1.90. The van der Waals surface area contributed by atoms with Crippen LogP contribution in [-0.2, 0) is 6.54 Å². The first-order valence-electron chi connectivity index (χ1n) is 7.10. The van der Waals surface area contributed by atoms with Crippen molar-refractivity contribution in [2.75, 3.05) is 20.3 Å². The van der Waals surface area contributed by atoms with Gasteiger partial charge in [0, 0.05) is 30.9 Å². The second-order valence-corrected chi connectivity index (χ2v) is 5.64. The molecule has 0 bridgehead atoms. The average molecular weight is 353 g/mol. The molecule has 2 rings (SSSR count). The van der Waals surface area contributed by atoms with Gasteiger partial charge in [0.15, 0.2) is 0 Å². The van der Waals surface area contributed by atoms with E-state index in [9.17, 15) is 0 Å². The fourth-order valence-electron chi connectivity index (χ4n) is 2.02. The molecule has 0 fully saturated rings. The van der Waals surface area contributed by atoms with E-state index in [4.69, 9.17) is 38.1 Å². The van der Waals surface area contributed by atoms with Crippen LogP contribution in [0.15, 0.2) is 36.4 Å². The zero-order valence-electron chi connectivity index (χ0n) is 12.7. The Bertz CT molecular complexity index is 678. The van der Waals surface area contributed by atoms with Crippen LogP contribution in [0.1, 0.15) is 11.1 Å². The van der Waals surface area contributed by atoms with E-state index in [1.807, 2.05) is 18.2 Å². The van der Waals surface area contributed by atoms with Crippen LogP contribution in [0.2, 0.25) is 10.0 Å². The number of rotatable bonds is 8. The van der Waals surface area contributed by atoms with E-state index < -0.39 is 0 Å². The van der Waals surface area contributed by atoms with E-state index >= 15 is 0 Å². The lowest BCUT2D eigenvalue weighted by atomic mass is 10.2. The van der Waals surface area contributed by atoms with Crippen LogP contribution in [0.3, 0.4) is 0 Å². The number of benzene rings is 2. The highest BCUT2D eigenvalue weighted by atomic mass is 35.5. The van der Waals surface area contributed by atoms with Crippen molar-refractivity contribution in [3.8, 4) is 11.5 Å². The summed E-state index contributed by atoms with van der Waals surface area (Å²) in [5.74, 6) is 1.34. The molecule has 0 atom stereocenters. The van der Waals surface area contributed by atoms with Crippen LogP contribution in [-0.4, -0.2) is 26.5 Å². The lowest BCUT2D eigenvalue weighted by Gasteiger charge is -2.10. The molecule has 0 spiro atoms. The van der Waals surface area contributed by atoms with Crippen LogP contribution in [0.4, 0.5) is 0 Å². The third-order valence-corrected chi connectivity index (χ3v) is 3.96. The molecule has 23 heavy (non-hydrogen) atoms. The Balaban J connectivity index is 1.77. The Kier molecular flexibility index (Phi) is 6.71. The summed E-state index contributed by atoms with van der Waals surface area (Å²) < 4.78 is 10.9. The normalized spacial score (nSPS) is 10.4. The number of methoxy groups -OCH3 is 1. The monoisotopic (exact) mass is 352 g/mol. The fraction of sp³-hybridized carbons (Fsp3) is 0.235. The maximum Gasteiger partial charge on any atom is 0.131 e. The SMILES string of the molecule is COc1cc(OCCNCc2ccc(Cl)c(Cl)c2)ccc1C=N. The molecule has 0 amide bonds. The maximum absolute atomic E-state index is 7.29. The highest BCUT2D eigenvalue weighted by Gasteiger charge is 2.03. The fourth-order valence-corrected chi connectivity index (χ4v) is 2.34. The van der Waals surface area contributed by atoms with E-state index in [-0.39, 0.29) is 0 Å². The Hall–Kier alpha value is -1.75. The molecule has 0 aromatic heterocycles. The Labute approximate surface area is 145 Å². The summed E-state index contributed by atoms with van der Waals surface area (Å²) >= 11 is 11.9. The minimum atomic E-state index is 0.522. The zero-order chi connectivity index (χ0) is 16.7. The lowest BCUT2D eigenvalue weighted by Crippen LogP contribution is -2.20. The Morgan fingerprint density at radius 1 is 1.13 bits per heavy atom. The van der Waals surface area contributed by atoms with Crippen molar-refractivity contribution in [1.29, 1.82) is 5.41 Å². The van der Waals surface area contributed by atoms with Crippen LogP contribution < -0.4 is 14.8 Å². The molecule has 0 radical (unpaired) electrons. The van der Waals surface area contributed by atoms with Crippen molar-refractivity contribution in [2.24, 2.45) is 0 Å². The maximum atomic E-state index is 7.29. The molecule has 4 nitrogen and oxygen atoms in total. The summed E-state index contributed by atoms with van der Waals surface area (Å²) in [5, 5.41) is 11.7. The average Bonchev–Trinajstić information content (AvgIpc) is 2.57. The van der Waals surface area contributed by atoms with Crippen molar-refractivity contribution in [1.82, 2.24) is 5.32 Å². The quantitative estimate of drug-likeness (QED) is 0.553. The summed E-state index contributed by atoms with van der Waals surface area (Å²) in [6, 6.07) is 11.0. The molecule has 2 aromatic rings. The van der Waals surface area contributed by atoms with Gasteiger partial charge in [-0.25, -0.2) is 0 Å². The van der Waals surface area contributed by atoms with Gasteiger partial charge in [0.2, 0.25) is 0 Å². The summed E-state index contributed by atoms with van der Waals surface area (Å²) in [5.41, 5.74) is 1.79. The smallest absolute Gasteiger partial charge is 0.131 e. The van der Waals surface area contributed by atoms with E-state index in [0.717, 1.165) is 11.1 Å². The number of hydrogen-bond donors (Lipinski definition) is 2. The van der Waals surface area contributed by atoms with Crippen molar-refractivity contribution in [2.45, 2.75) is 6.54 Å². The van der Waals surface area contributed by atoms with Crippen LogP contribution in [0, 0.1) is 5.41 Å². The minimum absolute atomic E-state index is 0.522. The molecular weight excluding hydrogens is 335 g/mol. The van der Waals surface area contributed by atoms with Crippen molar-refractivity contribution >= 4 is 29.4 Å². The molecule has 0 aliphatic carbocycles. The molecular formula is C17H18Cl2N2O2. The van der Waals surface area contributed by atoms with E-state index in [1.54, 1.807) is 25.3 Å². The number of hydrogen-bond acceptors (Lipinski definition) is 4. The summed E-state index contributed by atoms with van der Waals surface area (Å²) in [6.07, 6.45) is 1.25. The third kappa shape index (κ3) is 5.13. The first-order valence-corrected chi connectivity index (χ1v) is 7.85. The van der Waals surface area contributed by atoms with Gasteiger partial charge in [-0.2, -0.15) is 0 Å². The van der Waals surface area contributed by atoms with E-state index in [0.29, 0.717) is 41.2 Å².